The number of carbonyl (C=O) groups excluding carboxylic acids is 1. The topological polar surface area (TPSA) is 41.6 Å². The molecule has 0 spiro atoms. The Balaban J connectivity index is 0. The number of hydroxylamine groups is 1. The molecule has 9 heavy (non-hydrogen) atoms. The van der Waals surface area contributed by atoms with E-state index >= 15 is 0 Å². The molecule has 0 unspecified atom stereocenters. The first-order valence-corrected chi connectivity index (χ1v) is 2.50. The highest BCUT2D eigenvalue weighted by molar-refractivity contribution is 5.45. The van der Waals surface area contributed by atoms with Gasteiger partial charge in [-0.2, -0.15) is 0 Å². The van der Waals surface area contributed by atoms with E-state index in [9.17, 15) is 4.79 Å². The molecule has 0 fully saturated rings. The van der Waals surface area contributed by atoms with Crippen LogP contribution >= 0.6 is 0 Å². The van der Waals surface area contributed by atoms with Gasteiger partial charge in [-0.25, -0.2) is 5.48 Å². The minimum absolute atomic E-state index is 0.750. The van der Waals surface area contributed by atoms with Gasteiger partial charge in [-0.1, -0.05) is 0 Å². The fourth-order valence-corrected chi connectivity index (χ4v) is 0. The van der Waals surface area contributed by atoms with Gasteiger partial charge in [0.05, 0.1) is 7.11 Å². The van der Waals surface area contributed by atoms with Crippen LogP contribution in [0.3, 0.4) is 0 Å². The van der Waals surface area contributed by atoms with Gasteiger partial charge in [0, 0.05) is 21.1 Å². The Morgan fingerprint density at radius 1 is 1.56 bits per heavy atom. The molecular formula is C5H14N2O2. The maximum atomic E-state index is 9.43. The molecule has 0 saturated carbocycles. The molecule has 4 heteroatoms. The lowest BCUT2D eigenvalue weighted by atomic mass is 11.0. The maximum absolute atomic E-state index is 9.43. The van der Waals surface area contributed by atoms with Gasteiger partial charge in [0.25, 0.3) is 0 Å². The number of carbonyl (C=O) groups is 1. The Kier molecular flexibility index (Phi) is 13.0. The number of nitrogens with one attached hydrogen (secondary N) is 1. The third-order valence-corrected chi connectivity index (χ3v) is 0.415. The van der Waals surface area contributed by atoms with Crippen LogP contribution in [0.4, 0.5) is 0 Å². The van der Waals surface area contributed by atoms with Gasteiger partial charge < -0.3 is 9.74 Å². The van der Waals surface area contributed by atoms with Gasteiger partial charge in [0.2, 0.25) is 6.41 Å². The number of hydrogen-bond acceptors (Lipinski definition) is 3. The smallest absolute Gasteiger partial charge is 0.209 e. The quantitative estimate of drug-likeness (QED) is 0.408. The fourth-order valence-electron chi connectivity index (χ4n) is 0. The molecule has 0 aromatic carbocycles. The first-order valence-electron chi connectivity index (χ1n) is 2.50. The summed E-state index contributed by atoms with van der Waals surface area (Å²) in [5, 5.41) is 0. The summed E-state index contributed by atoms with van der Waals surface area (Å²) in [7, 11) is 6.65. The molecular weight excluding hydrogens is 120 g/mol. The molecule has 0 rings (SSSR count). The SMILES string of the molecule is CN(C)C=O.CNOC. The minimum atomic E-state index is 0.750. The van der Waals surface area contributed by atoms with Crippen LogP contribution in [0.1, 0.15) is 0 Å². The Labute approximate surface area is 55.7 Å². The average molecular weight is 134 g/mol. The van der Waals surface area contributed by atoms with E-state index in [1.807, 2.05) is 0 Å². The van der Waals surface area contributed by atoms with Crippen molar-refractivity contribution in [2.24, 2.45) is 0 Å². The zero-order valence-electron chi connectivity index (χ0n) is 6.34. The molecule has 0 aromatic heterocycles. The van der Waals surface area contributed by atoms with Crippen molar-refractivity contribution in [1.29, 1.82) is 0 Å². The van der Waals surface area contributed by atoms with E-state index in [-0.39, 0.29) is 0 Å². The second-order valence-corrected chi connectivity index (χ2v) is 1.48. The number of rotatable bonds is 2. The molecule has 56 valence electrons. The van der Waals surface area contributed by atoms with E-state index in [2.05, 4.69) is 10.3 Å². The monoisotopic (exact) mass is 134 g/mol. The van der Waals surface area contributed by atoms with Crippen LogP contribution in [0, 0.1) is 0 Å². The lowest BCUT2D eigenvalue weighted by Gasteiger charge is -1.93. The lowest BCUT2D eigenvalue weighted by molar-refractivity contribution is -0.115. The summed E-state index contributed by atoms with van der Waals surface area (Å²) in [4.78, 5) is 15.2. The molecule has 0 radical (unpaired) electrons. The average Bonchev–Trinajstić information content (AvgIpc) is 1.89. The fraction of sp³-hybridized carbons (Fsp3) is 0.800. The number of hydrogen-bond donors (Lipinski definition) is 1. The number of amides is 1. The van der Waals surface area contributed by atoms with E-state index in [1.165, 1.54) is 4.90 Å². The van der Waals surface area contributed by atoms with E-state index < -0.39 is 0 Å². The van der Waals surface area contributed by atoms with E-state index in [1.54, 1.807) is 28.3 Å². The van der Waals surface area contributed by atoms with Crippen molar-refractivity contribution in [3.8, 4) is 0 Å². The number of nitrogens with zero attached hydrogens (tertiary/aromatic N) is 1. The molecule has 0 atom stereocenters. The van der Waals surface area contributed by atoms with Crippen molar-refractivity contribution in [3.63, 3.8) is 0 Å². The molecule has 0 saturated heterocycles. The predicted molar refractivity (Wildman–Crippen MR) is 35.8 cm³/mol. The van der Waals surface area contributed by atoms with E-state index in [0.717, 1.165) is 6.41 Å². The Bertz CT molecular complexity index is 54.9. The zero-order valence-corrected chi connectivity index (χ0v) is 6.34. The standard InChI is InChI=1S/C3H7NO.C2H7NO/c1-4(2)3-5;1-3-4-2/h3H,1-2H3;3H,1-2H3. The molecule has 4 nitrogen and oxygen atoms in total. The summed E-state index contributed by atoms with van der Waals surface area (Å²) in [6.07, 6.45) is 0.750. The normalized spacial score (nSPS) is 7.11. The van der Waals surface area contributed by atoms with Crippen molar-refractivity contribution in [3.05, 3.63) is 0 Å². The Hall–Kier alpha value is -0.610. The molecule has 0 bridgehead atoms. The lowest BCUT2D eigenvalue weighted by Crippen LogP contribution is -2.06. The largest absolute Gasteiger partial charge is 0.351 e. The van der Waals surface area contributed by atoms with Crippen molar-refractivity contribution < 1.29 is 9.63 Å². The summed E-state index contributed by atoms with van der Waals surface area (Å²) >= 11 is 0. The summed E-state index contributed by atoms with van der Waals surface area (Å²) in [5.41, 5.74) is 2.43. The van der Waals surface area contributed by atoms with Crippen molar-refractivity contribution in [2.45, 2.75) is 0 Å². The zero-order chi connectivity index (χ0) is 7.70. The van der Waals surface area contributed by atoms with Gasteiger partial charge in [-0.15, -0.1) is 0 Å². The molecule has 0 aliphatic carbocycles. The molecule has 0 aliphatic rings. The highest BCUT2D eigenvalue weighted by Crippen LogP contribution is 1.52. The van der Waals surface area contributed by atoms with Gasteiger partial charge in [-0.3, -0.25) is 4.79 Å². The summed E-state index contributed by atoms with van der Waals surface area (Å²) in [6.45, 7) is 0. The van der Waals surface area contributed by atoms with Crippen LogP contribution in [-0.2, 0) is 9.63 Å². The highest BCUT2D eigenvalue weighted by atomic mass is 16.6. The molecule has 0 aliphatic heterocycles. The predicted octanol–water partition coefficient (Wildman–Crippen LogP) is -0.528. The molecule has 1 N–H and O–H groups in total. The van der Waals surface area contributed by atoms with Crippen molar-refractivity contribution >= 4 is 6.41 Å². The van der Waals surface area contributed by atoms with Crippen LogP contribution in [0.25, 0.3) is 0 Å². The minimum Gasteiger partial charge on any atom is -0.351 e. The van der Waals surface area contributed by atoms with E-state index in [4.69, 9.17) is 0 Å². The molecule has 1 amide bonds. The first kappa shape index (κ1) is 11.2. The maximum Gasteiger partial charge on any atom is 0.209 e. The summed E-state index contributed by atoms with van der Waals surface area (Å²) in [6, 6.07) is 0. The van der Waals surface area contributed by atoms with Gasteiger partial charge in [0.1, 0.15) is 0 Å². The summed E-state index contributed by atoms with van der Waals surface area (Å²) < 4.78 is 0. The first-order chi connectivity index (χ1) is 4.18. The van der Waals surface area contributed by atoms with Gasteiger partial charge >= 0.3 is 0 Å². The molecule has 0 heterocycles. The van der Waals surface area contributed by atoms with Gasteiger partial charge in [-0.05, 0) is 0 Å². The Morgan fingerprint density at radius 2 is 1.78 bits per heavy atom. The van der Waals surface area contributed by atoms with Crippen LogP contribution in [0.15, 0.2) is 0 Å². The van der Waals surface area contributed by atoms with Crippen LogP contribution in [0.5, 0.6) is 0 Å². The van der Waals surface area contributed by atoms with Crippen LogP contribution < -0.4 is 5.48 Å². The third-order valence-electron chi connectivity index (χ3n) is 0.415. The molecule has 0 aromatic rings. The van der Waals surface area contributed by atoms with Crippen molar-refractivity contribution in [1.82, 2.24) is 10.4 Å². The van der Waals surface area contributed by atoms with Crippen molar-refractivity contribution in [2.75, 3.05) is 28.3 Å². The second-order valence-electron chi connectivity index (χ2n) is 1.48. The third kappa shape index (κ3) is 37.6. The van der Waals surface area contributed by atoms with Crippen LogP contribution in [0.2, 0.25) is 0 Å². The summed E-state index contributed by atoms with van der Waals surface area (Å²) in [5.74, 6) is 0. The highest BCUT2D eigenvalue weighted by Gasteiger charge is 1.68. The Morgan fingerprint density at radius 3 is 1.78 bits per heavy atom. The van der Waals surface area contributed by atoms with E-state index in [0.29, 0.717) is 0 Å². The second kappa shape index (κ2) is 10.4. The van der Waals surface area contributed by atoms with Crippen LogP contribution in [-0.4, -0.2) is 39.6 Å². The van der Waals surface area contributed by atoms with Gasteiger partial charge in [0.15, 0.2) is 0 Å².